The van der Waals surface area contributed by atoms with Crippen LogP contribution in [0.5, 0.6) is 0 Å². The molecule has 2 heteroatoms. The van der Waals surface area contributed by atoms with E-state index in [2.05, 4.69) is 25.1 Å². The highest BCUT2D eigenvalue weighted by atomic mass is 16.5. The first kappa shape index (κ1) is 12.3. The molecule has 2 rings (SSSR count). The maximum absolute atomic E-state index is 9.25. The van der Waals surface area contributed by atoms with E-state index in [9.17, 15) is 5.11 Å². The van der Waals surface area contributed by atoms with Crippen LogP contribution in [0.15, 0.2) is 42.0 Å². The third-order valence-corrected chi connectivity index (χ3v) is 3.51. The van der Waals surface area contributed by atoms with Crippen LogP contribution in [0, 0.1) is 11.8 Å². The van der Waals surface area contributed by atoms with E-state index >= 15 is 0 Å². The Balaban J connectivity index is 1.80. The van der Waals surface area contributed by atoms with Crippen LogP contribution in [-0.2, 0) is 11.3 Å². The van der Waals surface area contributed by atoms with Crippen LogP contribution in [0.25, 0.3) is 0 Å². The molecule has 0 spiro atoms. The molecule has 17 heavy (non-hydrogen) atoms. The summed E-state index contributed by atoms with van der Waals surface area (Å²) >= 11 is 0. The molecular weight excluding hydrogens is 212 g/mol. The molecule has 0 saturated carbocycles. The van der Waals surface area contributed by atoms with Gasteiger partial charge in [0.25, 0.3) is 0 Å². The molecule has 1 aliphatic carbocycles. The zero-order valence-electron chi connectivity index (χ0n) is 10.3. The summed E-state index contributed by atoms with van der Waals surface area (Å²) in [6.07, 6.45) is 3.22. The van der Waals surface area contributed by atoms with Gasteiger partial charge in [-0.3, -0.25) is 0 Å². The van der Waals surface area contributed by atoms with Crippen LogP contribution in [-0.4, -0.2) is 18.3 Å². The van der Waals surface area contributed by atoms with Gasteiger partial charge < -0.3 is 9.84 Å². The van der Waals surface area contributed by atoms with Crippen LogP contribution in [0.3, 0.4) is 0 Å². The van der Waals surface area contributed by atoms with Crippen molar-refractivity contribution in [2.45, 2.75) is 20.0 Å². The van der Waals surface area contributed by atoms with Crippen molar-refractivity contribution in [2.75, 3.05) is 13.2 Å². The molecule has 1 aromatic carbocycles. The highest BCUT2D eigenvalue weighted by Gasteiger charge is 2.25. The van der Waals surface area contributed by atoms with E-state index in [4.69, 9.17) is 4.74 Å². The van der Waals surface area contributed by atoms with E-state index in [0.29, 0.717) is 25.0 Å². The third kappa shape index (κ3) is 3.18. The largest absolute Gasteiger partial charge is 0.392 e. The standard InChI is InChI=1S/C15H20O2/c1-12-7-8-14(9-16)15(12)11-17-10-13-5-3-2-4-6-13/h2-6,8,12,15-16H,7,9-11H2,1H3/t12-,15+/m0/s1. The fraction of sp³-hybridized carbons (Fsp3) is 0.467. The molecule has 1 aromatic rings. The maximum atomic E-state index is 9.25. The Morgan fingerprint density at radius 3 is 2.76 bits per heavy atom. The van der Waals surface area contributed by atoms with Crippen LogP contribution >= 0.6 is 0 Å². The average molecular weight is 232 g/mol. The quantitative estimate of drug-likeness (QED) is 0.791. The molecule has 0 radical (unpaired) electrons. The van der Waals surface area contributed by atoms with E-state index in [1.54, 1.807) is 0 Å². The summed E-state index contributed by atoms with van der Waals surface area (Å²) in [5.74, 6) is 0.983. The van der Waals surface area contributed by atoms with Gasteiger partial charge in [-0.15, -0.1) is 0 Å². The second kappa shape index (κ2) is 5.99. The first-order chi connectivity index (χ1) is 8.31. The van der Waals surface area contributed by atoms with Crippen molar-refractivity contribution >= 4 is 0 Å². The van der Waals surface area contributed by atoms with Gasteiger partial charge in [0.1, 0.15) is 0 Å². The lowest BCUT2D eigenvalue weighted by Gasteiger charge is -2.19. The van der Waals surface area contributed by atoms with E-state index < -0.39 is 0 Å². The highest BCUT2D eigenvalue weighted by Crippen LogP contribution is 2.31. The fourth-order valence-electron chi connectivity index (χ4n) is 2.35. The third-order valence-electron chi connectivity index (χ3n) is 3.51. The molecular formula is C15H20O2. The first-order valence-corrected chi connectivity index (χ1v) is 6.22. The summed E-state index contributed by atoms with van der Waals surface area (Å²) in [5, 5.41) is 9.25. The summed E-state index contributed by atoms with van der Waals surface area (Å²) in [6.45, 7) is 3.75. The zero-order chi connectivity index (χ0) is 12.1. The number of aliphatic hydroxyl groups is 1. The normalized spacial score (nSPS) is 23.8. The van der Waals surface area contributed by atoms with Crippen LogP contribution in [0.4, 0.5) is 0 Å². The zero-order valence-corrected chi connectivity index (χ0v) is 10.3. The van der Waals surface area contributed by atoms with Crippen LogP contribution in [0.1, 0.15) is 18.9 Å². The number of allylic oxidation sites excluding steroid dienone is 1. The average Bonchev–Trinajstić information content (AvgIpc) is 2.72. The topological polar surface area (TPSA) is 29.5 Å². The summed E-state index contributed by atoms with van der Waals surface area (Å²) < 4.78 is 5.75. The molecule has 92 valence electrons. The smallest absolute Gasteiger partial charge is 0.0717 e. The number of benzene rings is 1. The Kier molecular flexibility index (Phi) is 4.35. The van der Waals surface area contributed by atoms with Gasteiger partial charge in [-0.05, 0) is 23.5 Å². The van der Waals surface area contributed by atoms with E-state index in [0.717, 1.165) is 12.0 Å². The molecule has 0 unspecified atom stereocenters. The van der Waals surface area contributed by atoms with Crippen molar-refractivity contribution in [3.05, 3.63) is 47.5 Å². The molecule has 0 heterocycles. The SMILES string of the molecule is C[C@H]1CC=C(CO)[C@@H]1COCc1ccccc1. The van der Waals surface area contributed by atoms with E-state index in [-0.39, 0.29) is 6.61 Å². The summed E-state index contributed by atoms with van der Waals surface area (Å²) in [4.78, 5) is 0. The Bertz CT molecular complexity index is 370. The Morgan fingerprint density at radius 2 is 2.06 bits per heavy atom. The van der Waals surface area contributed by atoms with Crippen molar-refractivity contribution in [1.29, 1.82) is 0 Å². The predicted molar refractivity (Wildman–Crippen MR) is 68.5 cm³/mol. The molecule has 0 aromatic heterocycles. The van der Waals surface area contributed by atoms with Gasteiger partial charge in [-0.2, -0.15) is 0 Å². The molecule has 0 saturated heterocycles. The lowest BCUT2D eigenvalue weighted by molar-refractivity contribution is 0.0815. The summed E-state index contributed by atoms with van der Waals surface area (Å²) in [5.41, 5.74) is 2.35. The Hall–Kier alpha value is -1.12. The first-order valence-electron chi connectivity index (χ1n) is 6.22. The maximum Gasteiger partial charge on any atom is 0.0717 e. The summed E-state index contributed by atoms with van der Waals surface area (Å²) in [6, 6.07) is 10.2. The molecule has 2 nitrogen and oxygen atoms in total. The van der Waals surface area contributed by atoms with Crippen molar-refractivity contribution in [1.82, 2.24) is 0 Å². The summed E-state index contributed by atoms with van der Waals surface area (Å²) in [7, 11) is 0. The van der Waals surface area contributed by atoms with E-state index in [1.807, 2.05) is 18.2 Å². The molecule has 0 fully saturated rings. The number of rotatable bonds is 5. The molecule has 0 bridgehead atoms. The van der Waals surface area contributed by atoms with Crippen molar-refractivity contribution in [3.63, 3.8) is 0 Å². The minimum Gasteiger partial charge on any atom is -0.392 e. The van der Waals surface area contributed by atoms with Gasteiger partial charge in [0.2, 0.25) is 0 Å². The van der Waals surface area contributed by atoms with E-state index in [1.165, 1.54) is 5.56 Å². The predicted octanol–water partition coefficient (Wildman–Crippen LogP) is 2.78. The molecule has 1 aliphatic rings. The highest BCUT2D eigenvalue weighted by molar-refractivity contribution is 5.16. The lowest BCUT2D eigenvalue weighted by atomic mass is 9.94. The van der Waals surface area contributed by atoms with Gasteiger partial charge in [-0.1, -0.05) is 43.3 Å². The second-order valence-corrected chi connectivity index (χ2v) is 4.76. The molecule has 2 atom stereocenters. The van der Waals surface area contributed by atoms with Gasteiger partial charge >= 0.3 is 0 Å². The number of ether oxygens (including phenoxy) is 1. The van der Waals surface area contributed by atoms with Gasteiger partial charge in [0.05, 0.1) is 19.8 Å². The van der Waals surface area contributed by atoms with Gasteiger partial charge in [-0.25, -0.2) is 0 Å². The van der Waals surface area contributed by atoms with Gasteiger partial charge in [0.15, 0.2) is 0 Å². The number of aliphatic hydroxyl groups excluding tert-OH is 1. The fourth-order valence-corrected chi connectivity index (χ4v) is 2.35. The molecule has 1 N–H and O–H groups in total. The second-order valence-electron chi connectivity index (χ2n) is 4.76. The van der Waals surface area contributed by atoms with Crippen molar-refractivity contribution in [2.24, 2.45) is 11.8 Å². The molecule has 0 aliphatic heterocycles. The van der Waals surface area contributed by atoms with Crippen molar-refractivity contribution < 1.29 is 9.84 Å². The van der Waals surface area contributed by atoms with Crippen LogP contribution in [0.2, 0.25) is 0 Å². The minimum atomic E-state index is 0.170. The Morgan fingerprint density at radius 1 is 1.29 bits per heavy atom. The Labute approximate surface area is 103 Å². The molecule has 0 amide bonds. The van der Waals surface area contributed by atoms with Gasteiger partial charge in [0, 0.05) is 5.92 Å². The van der Waals surface area contributed by atoms with Crippen LogP contribution < -0.4 is 0 Å². The lowest BCUT2D eigenvalue weighted by Crippen LogP contribution is -2.17. The monoisotopic (exact) mass is 232 g/mol. The minimum absolute atomic E-state index is 0.170. The number of hydrogen-bond donors (Lipinski definition) is 1. The van der Waals surface area contributed by atoms with Crippen molar-refractivity contribution in [3.8, 4) is 0 Å². The number of hydrogen-bond acceptors (Lipinski definition) is 2.